The number of thiophene rings is 1. The van der Waals surface area contributed by atoms with Crippen LogP contribution < -0.4 is 9.47 Å². The number of ketones is 1. The molecule has 0 unspecified atom stereocenters. The third-order valence-corrected chi connectivity index (χ3v) is 4.87. The van der Waals surface area contributed by atoms with Crippen molar-refractivity contribution in [1.29, 1.82) is 0 Å². The van der Waals surface area contributed by atoms with Crippen LogP contribution in [0.2, 0.25) is 0 Å². The first-order valence-electron chi connectivity index (χ1n) is 7.52. The van der Waals surface area contributed by atoms with Crippen LogP contribution in [0.4, 0.5) is 4.39 Å². The van der Waals surface area contributed by atoms with Crippen molar-refractivity contribution in [2.24, 2.45) is 5.92 Å². The van der Waals surface area contributed by atoms with Gasteiger partial charge in [0.15, 0.2) is 23.1 Å². The van der Waals surface area contributed by atoms with Gasteiger partial charge in [-0.05, 0) is 6.07 Å². The maximum atomic E-state index is 14.7. The number of benzene rings is 1. The second kappa shape index (κ2) is 8.49. The van der Waals surface area contributed by atoms with Crippen molar-refractivity contribution >= 4 is 44.8 Å². The average molecular weight is 389 g/mol. The van der Waals surface area contributed by atoms with Gasteiger partial charge in [-0.1, -0.05) is 6.92 Å². The minimum Gasteiger partial charge on any atom is -0.493 e. The van der Waals surface area contributed by atoms with Gasteiger partial charge in [0.05, 0.1) is 30.9 Å². The number of fused-ring (bicyclic) bond motifs is 1. The molecule has 0 fully saturated rings. The third-order valence-electron chi connectivity index (χ3n) is 3.60. The number of hydrogen-bond donors (Lipinski definition) is 0. The van der Waals surface area contributed by atoms with Gasteiger partial charge in [0.2, 0.25) is 0 Å². The van der Waals surface area contributed by atoms with E-state index in [4.69, 9.17) is 21.1 Å². The summed E-state index contributed by atoms with van der Waals surface area (Å²) in [6.45, 7) is 1.74. The predicted octanol–water partition coefficient (Wildman–Crippen LogP) is 4.05. The van der Waals surface area contributed by atoms with Crippen molar-refractivity contribution in [3.63, 3.8) is 0 Å². The van der Waals surface area contributed by atoms with Crippen LogP contribution in [0.1, 0.15) is 23.0 Å². The van der Waals surface area contributed by atoms with E-state index in [9.17, 15) is 14.0 Å². The number of carbonyl (C=O) groups excluding carboxylic acids is 2. The molecular formula is C17H18ClFO5S. The normalized spacial score (nSPS) is 12.0. The van der Waals surface area contributed by atoms with Crippen molar-refractivity contribution in [2.75, 3.05) is 26.7 Å². The molecule has 8 heteroatoms. The topological polar surface area (TPSA) is 61.8 Å². The van der Waals surface area contributed by atoms with E-state index in [0.717, 1.165) is 11.3 Å². The van der Waals surface area contributed by atoms with Crippen molar-refractivity contribution in [2.45, 2.75) is 13.3 Å². The summed E-state index contributed by atoms with van der Waals surface area (Å²) in [5.41, 5.74) is 0. The van der Waals surface area contributed by atoms with Gasteiger partial charge in [-0.15, -0.1) is 22.9 Å². The van der Waals surface area contributed by atoms with E-state index in [-0.39, 0.29) is 41.6 Å². The maximum Gasteiger partial charge on any atom is 0.308 e. The molecule has 0 amide bonds. The molecule has 136 valence electrons. The summed E-state index contributed by atoms with van der Waals surface area (Å²) in [5.74, 6) is -1.46. The summed E-state index contributed by atoms with van der Waals surface area (Å²) in [6, 6.07) is 3.09. The summed E-state index contributed by atoms with van der Waals surface area (Å²) in [4.78, 5) is 24.2. The number of alkyl halides is 1. The molecule has 0 bridgehead atoms. The van der Waals surface area contributed by atoms with Crippen LogP contribution in [-0.2, 0) is 9.53 Å². The summed E-state index contributed by atoms with van der Waals surface area (Å²) in [6.07, 6.45) is -0.00610. The highest BCUT2D eigenvalue weighted by Gasteiger charge is 2.23. The molecule has 0 aliphatic carbocycles. The van der Waals surface area contributed by atoms with Crippen molar-refractivity contribution < 1.29 is 28.2 Å². The number of carbonyl (C=O) groups is 2. The number of Topliss-reactive ketones (excluding diaryl/α,β-unsaturated/α-hetero) is 1. The Hall–Kier alpha value is -1.86. The highest BCUT2D eigenvalue weighted by molar-refractivity contribution is 7.20. The molecule has 25 heavy (non-hydrogen) atoms. The molecule has 0 aliphatic heterocycles. The molecule has 0 spiro atoms. The lowest BCUT2D eigenvalue weighted by Gasteiger charge is -2.11. The number of esters is 1. The second-order valence-electron chi connectivity index (χ2n) is 5.33. The van der Waals surface area contributed by atoms with Crippen molar-refractivity contribution in [3.05, 3.63) is 22.8 Å². The molecule has 0 saturated carbocycles. The molecule has 1 atom stereocenters. The Bertz CT molecular complexity index is 789. The van der Waals surface area contributed by atoms with Crippen LogP contribution in [0.3, 0.4) is 0 Å². The average Bonchev–Trinajstić information content (AvgIpc) is 3.04. The van der Waals surface area contributed by atoms with Gasteiger partial charge in [-0.3, -0.25) is 9.59 Å². The Kier molecular flexibility index (Phi) is 6.61. The number of ether oxygens (including phenoxy) is 3. The first-order valence-corrected chi connectivity index (χ1v) is 8.87. The monoisotopic (exact) mass is 388 g/mol. The Morgan fingerprint density at radius 1 is 1.32 bits per heavy atom. The first kappa shape index (κ1) is 19.5. The van der Waals surface area contributed by atoms with E-state index in [1.807, 2.05) is 0 Å². The first-order chi connectivity index (χ1) is 11.9. The summed E-state index contributed by atoms with van der Waals surface area (Å²) >= 11 is 6.72. The highest BCUT2D eigenvalue weighted by Crippen LogP contribution is 2.40. The van der Waals surface area contributed by atoms with Gasteiger partial charge >= 0.3 is 5.97 Å². The number of halogens is 2. The van der Waals surface area contributed by atoms with E-state index in [1.54, 1.807) is 13.0 Å². The minimum absolute atomic E-state index is 0.00610. The van der Waals surface area contributed by atoms with Crippen LogP contribution in [0.15, 0.2) is 12.1 Å². The Balaban J connectivity index is 2.37. The lowest BCUT2D eigenvalue weighted by atomic mass is 10.0. The lowest BCUT2D eigenvalue weighted by molar-refractivity contribution is -0.144. The van der Waals surface area contributed by atoms with E-state index >= 15 is 0 Å². The van der Waals surface area contributed by atoms with E-state index in [0.29, 0.717) is 9.58 Å². The Labute approximate surface area is 153 Å². The molecule has 2 rings (SSSR count). The van der Waals surface area contributed by atoms with Crippen LogP contribution in [-0.4, -0.2) is 38.5 Å². The van der Waals surface area contributed by atoms with Crippen molar-refractivity contribution in [3.8, 4) is 11.5 Å². The minimum atomic E-state index is -0.601. The second-order valence-corrected chi connectivity index (χ2v) is 6.80. The number of rotatable bonds is 8. The molecule has 0 N–H and O–H groups in total. The molecule has 0 saturated heterocycles. The fourth-order valence-corrected chi connectivity index (χ4v) is 3.44. The zero-order chi connectivity index (χ0) is 18.6. The van der Waals surface area contributed by atoms with Gasteiger partial charge in [0.1, 0.15) is 6.61 Å². The number of methoxy groups -OCH3 is 2. The quantitative estimate of drug-likeness (QED) is 0.388. The maximum absolute atomic E-state index is 14.7. The van der Waals surface area contributed by atoms with Crippen LogP contribution in [0.25, 0.3) is 10.1 Å². The lowest BCUT2D eigenvalue weighted by Crippen LogP contribution is -2.16. The summed E-state index contributed by atoms with van der Waals surface area (Å²) < 4.78 is 30.4. The SMILES string of the molecule is COC(=O)[C@@H](C)CC(=O)c1cc2c(F)c(OCCCl)c(OC)cc2s1. The van der Waals surface area contributed by atoms with Crippen LogP contribution >= 0.6 is 22.9 Å². The number of hydrogen-bond acceptors (Lipinski definition) is 6. The van der Waals surface area contributed by atoms with Gasteiger partial charge in [-0.25, -0.2) is 4.39 Å². The molecule has 2 aromatic rings. The Morgan fingerprint density at radius 3 is 2.64 bits per heavy atom. The van der Waals surface area contributed by atoms with Crippen LogP contribution in [0.5, 0.6) is 11.5 Å². The molecule has 0 aliphatic rings. The molecule has 0 radical (unpaired) electrons. The zero-order valence-electron chi connectivity index (χ0n) is 14.1. The third kappa shape index (κ3) is 4.22. The summed E-state index contributed by atoms with van der Waals surface area (Å²) in [7, 11) is 2.68. The smallest absolute Gasteiger partial charge is 0.308 e. The standard InChI is InChI=1S/C17H18ClFO5S/c1-9(17(21)23-3)6-11(20)14-7-10-13(25-14)8-12(22-2)16(15(10)19)24-5-4-18/h7-9H,4-6H2,1-3H3/t9-/m0/s1. The van der Waals surface area contributed by atoms with Gasteiger partial charge in [0.25, 0.3) is 0 Å². The van der Waals surface area contributed by atoms with E-state index in [2.05, 4.69) is 4.74 Å². The molecule has 1 aromatic heterocycles. The molecule has 1 heterocycles. The van der Waals surface area contributed by atoms with E-state index < -0.39 is 17.7 Å². The van der Waals surface area contributed by atoms with Gasteiger partial charge in [-0.2, -0.15) is 0 Å². The predicted molar refractivity (Wildman–Crippen MR) is 94.7 cm³/mol. The Morgan fingerprint density at radius 2 is 2.04 bits per heavy atom. The fourth-order valence-electron chi connectivity index (χ4n) is 2.33. The van der Waals surface area contributed by atoms with Crippen LogP contribution in [0, 0.1) is 11.7 Å². The highest BCUT2D eigenvalue weighted by atomic mass is 35.5. The molecule has 1 aromatic carbocycles. The zero-order valence-corrected chi connectivity index (χ0v) is 15.6. The largest absolute Gasteiger partial charge is 0.493 e. The molecular weight excluding hydrogens is 371 g/mol. The van der Waals surface area contributed by atoms with Crippen molar-refractivity contribution in [1.82, 2.24) is 0 Å². The molecule has 5 nitrogen and oxygen atoms in total. The van der Waals surface area contributed by atoms with Gasteiger partial charge in [0, 0.05) is 22.6 Å². The van der Waals surface area contributed by atoms with Gasteiger partial charge < -0.3 is 14.2 Å². The van der Waals surface area contributed by atoms with E-state index in [1.165, 1.54) is 20.3 Å². The fraction of sp³-hybridized carbons (Fsp3) is 0.412. The summed E-state index contributed by atoms with van der Waals surface area (Å²) in [5, 5.41) is 0.268.